The molecular weight excluding hydrogens is 420 g/mol. The van der Waals surface area contributed by atoms with Crippen LogP contribution in [0.25, 0.3) is 0 Å². The summed E-state index contributed by atoms with van der Waals surface area (Å²) in [5, 5.41) is 10.8. The average Bonchev–Trinajstić information content (AvgIpc) is 3.32. The van der Waals surface area contributed by atoms with Gasteiger partial charge in [-0.15, -0.1) is 0 Å². The van der Waals surface area contributed by atoms with Crippen molar-refractivity contribution >= 4 is 0 Å². The Morgan fingerprint density at radius 1 is 0.912 bits per heavy atom. The van der Waals surface area contributed by atoms with Gasteiger partial charge in [0.2, 0.25) is 0 Å². The fraction of sp³-hybridized carbons (Fsp3) is 0.600. The maximum Gasteiger partial charge on any atom is 0.0900 e. The third-order valence-electron chi connectivity index (χ3n) is 9.06. The highest BCUT2D eigenvalue weighted by Crippen LogP contribution is 2.63. The zero-order valence-corrected chi connectivity index (χ0v) is 21.2. The number of hydrogen-bond donors (Lipinski definition) is 1. The number of β-amino-alcohol motifs (C(OH)–C–C–N with tert-alkyl or cyclic N) is 1. The summed E-state index contributed by atoms with van der Waals surface area (Å²) in [6.07, 6.45) is 3.73. The first-order valence-electron chi connectivity index (χ1n) is 13.2. The fourth-order valence-electron chi connectivity index (χ4n) is 7.32. The van der Waals surface area contributed by atoms with Gasteiger partial charge < -0.3 is 9.84 Å². The molecule has 2 aliphatic carbocycles. The molecule has 3 aliphatic rings. The molecule has 3 fully saturated rings. The number of aliphatic hydroxyl groups excluding tert-OH is 1. The van der Waals surface area contributed by atoms with Crippen molar-refractivity contribution in [3.8, 4) is 0 Å². The van der Waals surface area contributed by atoms with Gasteiger partial charge in [0.25, 0.3) is 0 Å². The molecule has 4 nitrogen and oxygen atoms in total. The minimum atomic E-state index is -0.427. The van der Waals surface area contributed by atoms with E-state index in [-0.39, 0.29) is 17.6 Å². The van der Waals surface area contributed by atoms with E-state index in [0.29, 0.717) is 18.6 Å². The Hall–Kier alpha value is -1.72. The van der Waals surface area contributed by atoms with E-state index in [4.69, 9.17) is 4.74 Å². The first kappa shape index (κ1) is 24.0. The van der Waals surface area contributed by atoms with E-state index in [0.717, 1.165) is 32.1 Å². The van der Waals surface area contributed by atoms with Crippen LogP contribution in [0.5, 0.6) is 0 Å². The van der Waals surface area contributed by atoms with Crippen LogP contribution < -0.4 is 0 Å². The molecule has 0 radical (unpaired) electrons. The maximum absolute atomic E-state index is 10.8. The predicted molar refractivity (Wildman–Crippen MR) is 138 cm³/mol. The molecule has 2 aromatic rings. The zero-order valence-electron chi connectivity index (χ0n) is 21.2. The SMILES string of the molecule is CC1(C)C2CC[C@](C)(C2)C1OCC(O)CN1CCN(C(c2ccccc2)c2ccccc2)CC1. The van der Waals surface area contributed by atoms with Crippen molar-refractivity contribution < 1.29 is 9.84 Å². The minimum absolute atomic E-state index is 0.224. The van der Waals surface area contributed by atoms with Crippen LogP contribution in [0, 0.1) is 16.7 Å². The number of fused-ring (bicyclic) bond motifs is 2. The molecule has 2 bridgehead atoms. The van der Waals surface area contributed by atoms with Gasteiger partial charge in [0, 0.05) is 32.7 Å². The smallest absolute Gasteiger partial charge is 0.0900 e. The summed E-state index contributed by atoms with van der Waals surface area (Å²) < 4.78 is 6.45. The number of benzene rings is 2. The molecule has 34 heavy (non-hydrogen) atoms. The van der Waals surface area contributed by atoms with Gasteiger partial charge in [0.05, 0.1) is 24.9 Å². The molecule has 1 aliphatic heterocycles. The van der Waals surface area contributed by atoms with Gasteiger partial charge in [-0.25, -0.2) is 0 Å². The third-order valence-corrected chi connectivity index (χ3v) is 9.06. The molecule has 184 valence electrons. The fourth-order valence-corrected chi connectivity index (χ4v) is 7.32. The molecule has 1 heterocycles. The van der Waals surface area contributed by atoms with E-state index in [1.165, 1.54) is 30.4 Å². The molecule has 0 amide bonds. The van der Waals surface area contributed by atoms with Crippen LogP contribution in [0.2, 0.25) is 0 Å². The number of hydrogen-bond acceptors (Lipinski definition) is 4. The summed E-state index contributed by atoms with van der Waals surface area (Å²) in [6.45, 7) is 12.2. The molecule has 1 N–H and O–H groups in total. The van der Waals surface area contributed by atoms with Crippen molar-refractivity contribution in [2.45, 2.75) is 58.3 Å². The molecule has 0 aromatic heterocycles. The Bertz CT molecular complexity index is 881. The summed E-state index contributed by atoms with van der Waals surface area (Å²) in [7, 11) is 0. The quantitative estimate of drug-likeness (QED) is 0.600. The first-order chi connectivity index (χ1) is 16.4. The number of rotatable bonds is 8. The molecule has 1 saturated heterocycles. The van der Waals surface area contributed by atoms with E-state index < -0.39 is 6.10 Å². The Balaban J connectivity index is 1.15. The lowest BCUT2D eigenvalue weighted by atomic mass is 9.70. The molecule has 3 unspecified atom stereocenters. The Morgan fingerprint density at radius 2 is 1.50 bits per heavy atom. The van der Waals surface area contributed by atoms with Gasteiger partial charge in [-0.05, 0) is 47.1 Å². The lowest BCUT2D eigenvalue weighted by Crippen LogP contribution is -2.50. The highest BCUT2D eigenvalue weighted by molar-refractivity contribution is 5.32. The molecule has 4 atom stereocenters. The van der Waals surface area contributed by atoms with Gasteiger partial charge in [-0.3, -0.25) is 9.80 Å². The normalized spacial score (nSPS) is 30.1. The van der Waals surface area contributed by atoms with Crippen LogP contribution in [-0.2, 0) is 4.74 Å². The second-order valence-electron chi connectivity index (χ2n) is 11.8. The third kappa shape index (κ3) is 4.70. The van der Waals surface area contributed by atoms with Crippen LogP contribution in [-0.4, -0.2) is 66.4 Å². The van der Waals surface area contributed by atoms with Crippen LogP contribution in [0.3, 0.4) is 0 Å². The molecule has 0 spiro atoms. The topological polar surface area (TPSA) is 35.9 Å². The van der Waals surface area contributed by atoms with Gasteiger partial charge in [0.15, 0.2) is 0 Å². The summed E-state index contributed by atoms with van der Waals surface area (Å²) in [5.74, 6) is 0.773. The predicted octanol–water partition coefficient (Wildman–Crippen LogP) is 4.99. The Labute approximate surface area is 205 Å². The van der Waals surface area contributed by atoms with Crippen LogP contribution >= 0.6 is 0 Å². The van der Waals surface area contributed by atoms with E-state index in [1.807, 2.05) is 0 Å². The highest BCUT2D eigenvalue weighted by Gasteiger charge is 2.60. The first-order valence-corrected chi connectivity index (χ1v) is 13.2. The lowest BCUT2D eigenvalue weighted by molar-refractivity contribution is -0.114. The van der Waals surface area contributed by atoms with Crippen molar-refractivity contribution in [1.82, 2.24) is 9.80 Å². The van der Waals surface area contributed by atoms with Gasteiger partial charge in [-0.2, -0.15) is 0 Å². The highest BCUT2D eigenvalue weighted by atomic mass is 16.5. The van der Waals surface area contributed by atoms with E-state index in [9.17, 15) is 5.11 Å². The van der Waals surface area contributed by atoms with Crippen LogP contribution in [0.4, 0.5) is 0 Å². The number of ether oxygens (including phenoxy) is 1. The second-order valence-corrected chi connectivity index (χ2v) is 11.8. The van der Waals surface area contributed by atoms with Crippen molar-refractivity contribution in [2.75, 3.05) is 39.3 Å². The zero-order chi connectivity index (χ0) is 23.8. The van der Waals surface area contributed by atoms with E-state index in [2.05, 4.69) is 91.2 Å². The standard InChI is InChI=1S/C30H42N2O2/c1-29(2)25-14-15-30(3,20-25)28(29)34-22-26(33)21-31-16-18-32(19-17-31)27(23-10-6-4-7-11-23)24-12-8-5-9-13-24/h4-13,25-28,33H,14-22H2,1-3H3/t25?,26?,28?,30-/m1/s1. The minimum Gasteiger partial charge on any atom is -0.389 e. The Kier molecular flexibility index (Phi) is 6.87. The van der Waals surface area contributed by atoms with Crippen molar-refractivity contribution in [3.05, 3.63) is 71.8 Å². The lowest BCUT2D eigenvalue weighted by Gasteiger charge is -2.43. The summed E-state index contributed by atoms with van der Waals surface area (Å²) in [4.78, 5) is 4.99. The summed E-state index contributed by atoms with van der Waals surface area (Å²) in [5.41, 5.74) is 3.21. The van der Waals surface area contributed by atoms with Crippen molar-refractivity contribution in [3.63, 3.8) is 0 Å². The number of aliphatic hydroxyl groups is 1. The maximum atomic E-state index is 10.8. The van der Waals surface area contributed by atoms with Gasteiger partial charge >= 0.3 is 0 Å². The largest absolute Gasteiger partial charge is 0.389 e. The van der Waals surface area contributed by atoms with Gasteiger partial charge in [0.1, 0.15) is 0 Å². The molecule has 2 aromatic carbocycles. The van der Waals surface area contributed by atoms with Crippen LogP contribution in [0.1, 0.15) is 57.2 Å². The van der Waals surface area contributed by atoms with Crippen molar-refractivity contribution in [1.29, 1.82) is 0 Å². The summed E-state index contributed by atoms with van der Waals surface area (Å²) in [6, 6.07) is 21.9. The van der Waals surface area contributed by atoms with Crippen molar-refractivity contribution in [2.24, 2.45) is 16.7 Å². The number of piperazine rings is 1. The summed E-state index contributed by atoms with van der Waals surface area (Å²) >= 11 is 0. The van der Waals surface area contributed by atoms with E-state index in [1.54, 1.807) is 0 Å². The average molecular weight is 463 g/mol. The molecule has 2 saturated carbocycles. The molecular formula is C30H42N2O2. The molecule has 5 rings (SSSR count). The van der Waals surface area contributed by atoms with E-state index >= 15 is 0 Å². The van der Waals surface area contributed by atoms with Crippen LogP contribution in [0.15, 0.2) is 60.7 Å². The van der Waals surface area contributed by atoms with Gasteiger partial charge in [-0.1, -0.05) is 81.4 Å². The monoisotopic (exact) mass is 462 g/mol. The molecule has 4 heteroatoms. The Morgan fingerprint density at radius 3 is 2.03 bits per heavy atom. The number of nitrogens with zero attached hydrogens (tertiary/aromatic N) is 2. The second kappa shape index (κ2) is 9.73.